The van der Waals surface area contributed by atoms with Gasteiger partial charge in [0.1, 0.15) is 0 Å². The van der Waals surface area contributed by atoms with E-state index in [1.54, 1.807) is 11.3 Å². The first-order chi connectivity index (χ1) is 9.43. The summed E-state index contributed by atoms with van der Waals surface area (Å²) in [5, 5.41) is 8.04. The molecule has 2 unspecified atom stereocenters. The van der Waals surface area contributed by atoms with E-state index >= 15 is 0 Å². The third-order valence-corrected chi connectivity index (χ3v) is 5.60. The second-order valence-electron chi connectivity index (χ2n) is 6.07. The molecule has 0 radical (unpaired) electrons. The summed E-state index contributed by atoms with van der Waals surface area (Å²) in [5.74, 6) is 1.03. The molecule has 1 aromatic rings. The molecule has 1 aromatic heterocycles. The Kier molecular flexibility index (Phi) is 4.91. The van der Waals surface area contributed by atoms with E-state index in [1.807, 2.05) is 0 Å². The summed E-state index contributed by atoms with van der Waals surface area (Å²) < 4.78 is 0. The number of likely N-dealkylation sites (tertiary alicyclic amines) is 1. The van der Waals surface area contributed by atoms with Crippen LogP contribution in [-0.2, 0) is 6.42 Å². The van der Waals surface area contributed by atoms with Gasteiger partial charge in [-0.25, -0.2) is 0 Å². The minimum atomic E-state index is 0.924. The Balaban J connectivity index is 1.32. The van der Waals surface area contributed by atoms with Gasteiger partial charge in [-0.05, 0) is 67.1 Å². The maximum Gasteiger partial charge on any atom is 0.0124 e. The molecular weight excluding hydrogens is 252 g/mol. The molecule has 1 saturated heterocycles. The smallest absolute Gasteiger partial charge is 0.0124 e. The number of fused-ring (bicyclic) bond motifs is 1. The number of hydrogen-bond acceptors (Lipinski definition) is 3. The fourth-order valence-electron chi connectivity index (χ4n) is 3.80. The van der Waals surface area contributed by atoms with Crippen LogP contribution in [0.3, 0.4) is 0 Å². The highest BCUT2D eigenvalue weighted by molar-refractivity contribution is 7.07. The average molecular weight is 278 g/mol. The van der Waals surface area contributed by atoms with Gasteiger partial charge in [0.05, 0.1) is 0 Å². The van der Waals surface area contributed by atoms with Gasteiger partial charge in [0.15, 0.2) is 0 Å². The summed E-state index contributed by atoms with van der Waals surface area (Å²) in [4.78, 5) is 2.75. The lowest BCUT2D eigenvalue weighted by Gasteiger charge is -2.31. The third-order valence-electron chi connectivity index (χ3n) is 4.87. The van der Waals surface area contributed by atoms with Crippen LogP contribution in [0.5, 0.6) is 0 Å². The van der Waals surface area contributed by atoms with Crippen molar-refractivity contribution >= 4 is 11.3 Å². The fraction of sp³-hybridized carbons (Fsp3) is 0.750. The van der Waals surface area contributed by atoms with E-state index in [2.05, 4.69) is 27.0 Å². The molecule has 0 amide bonds. The van der Waals surface area contributed by atoms with E-state index in [4.69, 9.17) is 0 Å². The summed E-state index contributed by atoms with van der Waals surface area (Å²) in [7, 11) is 0. The van der Waals surface area contributed by atoms with Crippen LogP contribution in [0.15, 0.2) is 16.8 Å². The Labute approximate surface area is 121 Å². The van der Waals surface area contributed by atoms with Crippen LogP contribution in [-0.4, -0.2) is 37.1 Å². The molecule has 0 aromatic carbocycles. The Morgan fingerprint density at radius 2 is 2.16 bits per heavy atom. The van der Waals surface area contributed by atoms with Crippen molar-refractivity contribution in [2.24, 2.45) is 5.92 Å². The molecule has 2 nitrogen and oxygen atoms in total. The molecule has 0 bridgehead atoms. The van der Waals surface area contributed by atoms with Crippen molar-refractivity contribution in [2.45, 2.75) is 44.6 Å². The zero-order valence-corrected chi connectivity index (χ0v) is 12.6. The Hall–Kier alpha value is -0.380. The number of thiophene rings is 1. The number of hydrogen-bond donors (Lipinski definition) is 1. The fourth-order valence-corrected chi connectivity index (χ4v) is 4.50. The minimum Gasteiger partial charge on any atom is -0.315 e. The van der Waals surface area contributed by atoms with Crippen LogP contribution in [0.2, 0.25) is 0 Å². The second-order valence-corrected chi connectivity index (χ2v) is 6.85. The molecule has 2 heterocycles. The van der Waals surface area contributed by atoms with Crippen LogP contribution >= 0.6 is 11.3 Å². The summed E-state index contributed by atoms with van der Waals surface area (Å²) in [6.45, 7) is 4.89. The van der Waals surface area contributed by atoms with Crippen LogP contribution < -0.4 is 5.32 Å². The normalized spacial score (nSPS) is 27.6. The maximum absolute atomic E-state index is 3.61. The highest BCUT2D eigenvalue weighted by atomic mass is 32.1. The lowest BCUT2D eigenvalue weighted by molar-refractivity contribution is 0.183. The van der Waals surface area contributed by atoms with E-state index in [0.29, 0.717) is 0 Å². The van der Waals surface area contributed by atoms with Gasteiger partial charge in [-0.15, -0.1) is 0 Å². The maximum atomic E-state index is 3.61. The predicted octanol–water partition coefficient (Wildman–Crippen LogP) is 3.14. The van der Waals surface area contributed by atoms with E-state index < -0.39 is 0 Å². The molecule has 1 N–H and O–H groups in total. The molecule has 19 heavy (non-hydrogen) atoms. The molecule has 2 fully saturated rings. The molecule has 3 rings (SSSR count). The number of rotatable bonds is 6. The molecule has 2 atom stereocenters. The zero-order chi connectivity index (χ0) is 12.9. The van der Waals surface area contributed by atoms with Crippen molar-refractivity contribution in [3.05, 3.63) is 22.4 Å². The highest BCUT2D eigenvalue weighted by Gasteiger charge is 2.34. The number of nitrogens with one attached hydrogen (secondary N) is 1. The molecule has 1 aliphatic heterocycles. The topological polar surface area (TPSA) is 15.3 Å². The van der Waals surface area contributed by atoms with Gasteiger partial charge in [-0.3, -0.25) is 4.90 Å². The molecule has 0 spiro atoms. The van der Waals surface area contributed by atoms with Crippen LogP contribution in [0, 0.1) is 5.92 Å². The third kappa shape index (κ3) is 3.59. The summed E-state index contributed by atoms with van der Waals surface area (Å²) in [6, 6.07) is 3.16. The van der Waals surface area contributed by atoms with Crippen molar-refractivity contribution in [1.29, 1.82) is 0 Å². The van der Waals surface area contributed by atoms with Crippen molar-refractivity contribution in [2.75, 3.05) is 26.2 Å². The highest BCUT2D eigenvalue weighted by Crippen LogP contribution is 2.35. The Bertz CT molecular complexity index is 363. The summed E-state index contributed by atoms with van der Waals surface area (Å²) >= 11 is 1.80. The van der Waals surface area contributed by atoms with E-state index in [0.717, 1.165) is 25.0 Å². The minimum absolute atomic E-state index is 0.924. The SMILES string of the molecule is c1cc(CCNCCN2CCC3CCCCC32)cs1. The first-order valence-corrected chi connectivity index (χ1v) is 8.83. The van der Waals surface area contributed by atoms with Gasteiger partial charge in [0, 0.05) is 19.1 Å². The van der Waals surface area contributed by atoms with Crippen LogP contribution in [0.4, 0.5) is 0 Å². The molecular formula is C16H26N2S. The van der Waals surface area contributed by atoms with Crippen LogP contribution in [0.1, 0.15) is 37.7 Å². The van der Waals surface area contributed by atoms with Crippen molar-refractivity contribution in [1.82, 2.24) is 10.2 Å². The average Bonchev–Trinajstić information content (AvgIpc) is 3.08. The summed E-state index contributed by atoms with van der Waals surface area (Å²) in [5.41, 5.74) is 1.48. The van der Waals surface area contributed by atoms with E-state index in [9.17, 15) is 0 Å². The first-order valence-electron chi connectivity index (χ1n) is 7.89. The van der Waals surface area contributed by atoms with Crippen molar-refractivity contribution < 1.29 is 0 Å². The zero-order valence-electron chi connectivity index (χ0n) is 11.8. The lowest BCUT2D eigenvalue weighted by Crippen LogP contribution is -2.39. The Morgan fingerprint density at radius 3 is 3.05 bits per heavy atom. The summed E-state index contributed by atoms with van der Waals surface area (Å²) in [6.07, 6.45) is 8.53. The van der Waals surface area contributed by atoms with Crippen molar-refractivity contribution in [3.8, 4) is 0 Å². The quantitative estimate of drug-likeness (QED) is 0.804. The van der Waals surface area contributed by atoms with Gasteiger partial charge in [0.2, 0.25) is 0 Å². The number of nitrogens with zero attached hydrogens (tertiary/aromatic N) is 1. The molecule has 106 valence electrons. The molecule has 2 aliphatic rings. The van der Waals surface area contributed by atoms with Gasteiger partial charge in [-0.1, -0.05) is 12.8 Å². The lowest BCUT2D eigenvalue weighted by atomic mass is 9.85. The second kappa shape index (κ2) is 6.87. The largest absolute Gasteiger partial charge is 0.315 e. The predicted molar refractivity (Wildman–Crippen MR) is 82.8 cm³/mol. The van der Waals surface area contributed by atoms with E-state index in [-0.39, 0.29) is 0 Å². The van der Waals surface area contributed by atoms with Gasteiger partial charge < -0.3 is 5.32 Å². The molecule has 1 aliphatic carbocycles. The van der Waals surface area contributed by atoms with Crippen molar-refractivity contribution in [3.63, 3.8) is 0 Å². The molecule has 1 saturated carbocycles. The van der Waals surface area contributed by atoms with Gasteiger partial charge in [-0.2, -0.15) is 11.3 Å². The van der Waals surface area contributed by atoms with Gasteiger partial charge >= 0.3 is 0 Å². The van der Waals surface area contributed by atoms with Crippen LogP contribution in [0.25, 0.3) is 0 Å². The van der Waals surface area contributed by atoms with E-state index in [1.165, 1.54) is 57.2 Å². The monoisotopic (exact) mass is 278 g/mol. The molecule has 3 heteroatoms. The van der Waals surface area contributed by atoms with Gasteiger partial charge in [0.25, 0.3) is 0 Å². The Morgan fingerprint density at radius 1 is 1.21 bits per heavy atom. The standard InChI is InChI=1S/C16H26N2S/c1-2-4-16-15(3-1)6-10-18(16)11-9-17-8-5-14-7-12-19-13-14/h7,12-13,15-17H,1-6,8-11H2. The first kappa shape index (κ1) is 13.6.